The van der Waals surface area contributed by atoms with Crippen LogP contribution < -0.4 is 0 Å². The van der Waals surface area contributed by atoms with Gasteiger partial charge in [0.05, 0.1) is 12.5 Å². The molecule has 6 heteroatoms. The molecule has 0 atom stereocenters. The zero-order valence-electron chi connectivity index (χ0n) is 9.52. The average molecular weight is 225 g/mol. The summed E-state index contributed by atoms with van der Waals surface area (Å²) in [6.45, 7) is 5.04. The number of nitrogens with zero attached hydrogens (tertiary/aromatic N) is 2. The number of carbonyl (C=O) groups excluding carboxylic acids is 1. The van der Waals surface area contributed by atoms with Crippen molar-refractivity contribution < 1.29 is 14.7 Å². The van der Waals surface area contributed by atoms with Crippen LogP contribution in [0.25, 0.3) is 0 Å². The third-order valence-corrected chi connectivity index (χ3v) is 2.49. The predicted octanol–water partition coefficient (Wildman–Crippen LogP) is 0.735. The van der Waals surface area contributed by atoms with E-state index in [9.17, 15) is 9.59 Å². The van der Waals surface area contributed by atoms with Crippen molar-refractivity contribution in [3.63, 3.8) is 0 Å². The Morgan fingerprint density at radius 1 is 1.56 bits per heavy atom. The van der Waals surface area contributed by atoms with E-state index >= 15 is 0 Å². The first-order valence-corrected chi connectivity index (χ1v) is 4.95. The van der Waals surface area contributed by atoms with Crippen LogP contribution in [0.3, 0.4) is 0 Å². The van der Waals surface area contributed by atoms with E-state index in [0.29, 0.717) is 6.54 Å². The van der Waals surface area contributed by atoms with E-state index in [2.05, 4.69) is 9.97 Å². The van der Waals surface area contributed by atoms with Crippen LogP contribution in [0.4, 0.5) is 0 Å². The monoisotopic (exact) mass is 225 g/mol. The van der Waals surface area contributed by atoms with E-state index in [1.165, 1.54) is 31.3 Å². The molecule has 1 aromatic rings. The highest BCUT2D eigenvalue weighted by Gasteiger charge is 2.37. The van der Waals surface area contributed by atoms with Crippen molar-refractivity contribution in [2.75, 3.05) is 6.54 Å². The highest BCUT2D eigenvalue weighted by atomic mass is 16.4. The molecule has 0 fully saturated rings. The molecule has 1 aromatic heterocycles. The Labute approximate surface area is 93.3 Å². The molecule has 0 unspecified atom stereocenters. The number of carboxylic acids is 1. The summed E-state index contributed by atoms with van der Waals surface area (Å²) in [6, 6.07) is 0. The fraction of sp³-hybridized carbons (Fsp3) is 0.500. The topological polar surface area (TPSA) is 86.3 Å². The third kappa shape index (κ3) is 2.05. The summed E-state index contributed by atoms with van der Waals surface area (Å²) >= 11 is 0. The van der Waals surface area contributed by atoms with Crippen molar-refractivity contribution in [3.05, 3.63) is 18.2 Å². The van der Waals surface area contributed by atoms with Crippen molar-refractivity contribution in [3.8, 4) is 0 Å². The first kappa shape index (κ1) is 12.2. The number of aromatic nitrogens is 2. The number of carbonyl (C=O) groups is 2. The average Bonchev–Trinajstić information content (AvgIpc) is 2.70. The van der Waals surface area contributed by atoms with Crippen molar-refractivity contribution in [2.45, 2.75) is 26.3 Å². The van der Waals surface area contributed by atoms with Crippen LogP contribution in [0.5, 0.6) is 0 Å². The van der Waals surface area contributed by atoms with Gasteiger partial charge in [-0.1, -0.05) is 0 Å². The Morgan fingerprint density at radius 2 is 2.19 bits per heavy atom. The SMILES string of the molecule is CCN(C(=O)c1cnc[nH]1)C(C)(C)C(=O)O. The number of likely N-dealkylation sites (N-methyl/N-ethyl adjacent to an activating group) is 1. The van der Waals surface area contributed by atoms with Gasteiger partial charge >= 0.3 is 5.97 Å². The molecule has 1 amide bonds. The molecule has 1 rings (SSSR count). The predicted molar refractivity (Wildman–Crippen MR) is 57.0 cm³/mol. The molecule has 0 radical (unpaired) electrons. The maximum Gasteiger partial charge on any atom is 0.329 e. The van der Waals surface area contributed by atoms with Crippen LogP contribution in [0.1, 0.15) is 31.3 Å². The summed E-state index contributed by atoms with van der Waals surface area (Å²) in [4.78, 5) is 30.7. The van der Waals surface area contributed by atoms with Gasteiger partial charge in [0.25, 0.3) is 5.91 Å². The molecule has 88 valence electrons. The summed E-state index contributed by atoms with van der Waals surface area (Å²) in [6.07, 6.45) is 2.76. The highest BCUT2D eigenvalue weighted by Crippen LogP contribution is 2.17. The summed E-state index contributed by atoms with van der Waals surface area (Å²) in [5.74, 6) is -1.41. The number of carboxylic acid groups (broad SMARTS) is 1. The third-order valence-electron chi connectivity index (χ3n) is 2.49. The summed E-state index contributed by atoms with van der Waals surface area (Å²) < 4.78 is 0. The van der Waals surface area contributed by atoms with Crippen molar-refractivity contribution in [1.29, 1.82) is 0 Å². The Kier molecular flexibility index (Phi) is 3.31. The molecule has 0 spiro atoms. The lowest BCUT2D eigenvalue weighted by Gasteiger charge is -2.33. The number of aromatic amines is 1. The lowest BCUT2D eigenvalue weighted by Crippen LogP contribution is -2.53. The van der Waals surface area contributed by atoms with Crippen LogP contribution in [0.2, 0.25) is 0 Å². The largest absolute Gasteiger partial charge is 0.480 e. The Bertz CT molecular complexity index is 384. The zero-order valence-corrected chi connectivity index (χ0v) is 9.52. The molecule has 0 bridgehead atoms. The normalized spacial score (nSPS) is 11.2. The number of amides is 1. The van der Waals surface area contributed by atoms with Crippen LogP contribution in [-0.2, 0) is 4.79 Å². The van der Waals surface area contributed by atoms with Crippen LogP contribution in [0, 0.1) is 0 Å². The number of hydrogen-bond acceptors (Lipinski definition) is 3. The molecule has 0 aliphatic rings. The van der Waals surface area contributed by atoms with Crippen LogP contribution >= 0.6 is 0 Å². The van der Waals surface area contributed by atoms with Crippen molar-refractivity contribution >= 4 is 11.9 Å². The fourth-order valence-electron chi connectivity index (χ4n) is 1.43. The smallest absolute Gasteiger partial charge is 0.329 e. The van der Waals surface area contributed by atoms with Crippen molar-refractivity contribution in [1.82, 2.24) is 14.9 Å². The lowest BCUT2D eigenvalue weighted by molar-refractivity contribution is -0.147. The highest BCUT2D eigenvalue weighted by molar-refractivity contribution is 5.95. The Hall–Kier alpha value is -1.85. The standard InChI is InChI=1S/C10H15N3O3/c1-4-13(10(2,3)9(15)16)8(14)7-5-11-6-12-7/h5-6H,4H2,1-3H3,(H,11,12)(H,15,16). The Morgan fingerprint density at radius 3 is 2.56 bits per heavy atom. The molecule has 1 heterocycles. The maximum atomic E-state index is 12.0. The molecule has 0 saturated carbocycles. The Balaban J connectivity index is 3.00. The summed E-state index contributed by atoms with van der Waals surface area (Å²) in [7, 11) is 0. The van der Waals surface area contributed by atoms with Gasteiger partial charge in [-0.05, 0) is 20.8 Å². The molecule has 0 saturated heterocycles. The molecular formula is C10H15N3O3. The quantitative estimate of drug-likeness (QED) is 0.791. The van der Waals surface area contributed by atoms with E-state index in [0.717, 1.165) is 0 Å². The van der Waals surface area contributed by atoms with E-state index in [1.54, 1.807) is 6.92 Å². The van der Waals surface area contributed by atoms with Gasteiger partial charge < -0.3 is 15.0 Å². The van der Waals surface area contributed by atoms with Crippen LogP contribution in [-0.4, -0.2) is 43.9 Å². The van der Waals surface area contributed by atoms with Gasteiger partial charge in [-0.2, -0.15) is 0 Å². The second-order valence-electron chi connectivity index (χ2n) is 3.88. The van der Waals surface area contributed by atoms with Gasteiger partial charge in [-0.3, -0.25) is 4.79 Å². The lowest BCUT2D eigenvalue weighted by atomic mass is 10.0. The molecule has 0 aromatic carbocycles. The number of hydrogen-bond donors (Lipinski definition) is 2. The second-order valence-corrected chi connectivity index (χ2v) is 3.88. The maximum absolute atomic E-state index is 12.0. The minimum absolute atomic E-state index is 0.288. The molecule has 6 nitrogen and oxygen atoms in total. The van der Waals surface area contributed by atoms with E-state index in [-0.39, 0.29) is 11.6 Å². The van der Waals surface area contributed by atoms with E-state index in [4.69, 9.17) is 5.11 Å². The zero-order chi connectivity index (χ0) is 12.3. The fourth-order valence-corrected chi connectivity index (χ4v) is 1.43. The van der Waals surface area contributed by atoms with E-state index in [1.807, 2.05) is 0 Å². The van der Waals surface area contributed by atoms with Gasteiger partial charge in [0.15, 0.2) is 0 Å². The molecule has 2 N–H and O–H groups in total. The van der Waals surface area contributed by atoms with Crippen LogP contribution in [0.15, 0.2) is 12.5 Å². The number of nitrogens with one attached hydrogen (secondary N) is 1. The minimum Gasteiger partial charge on any atom is -0.480 e. The van der Waals surface area contributed by atoms with Gasteiger partial charge in [-0.25, -0.2) is 9.78 Å². The van der Waals surface area contributed by atoms with Crippen molar-refractivity contribution in [2.24, 2.45) is 0 Å². The minimum atomic E-state index is -1.24. The summed E-state index contributed by atoms with van der Waals surface area (Å²) in [5.41, 5.74) is -0.951. The van der Waals surface area contributed by atoms with Gasteiger partial charge in [0, 0.05) is 6.54 Å². The number of rotatable bonds is 4. The molecule has 0 aliphatic carbocycles. The van der Waals surface area contributed by atoms with E-state index < -0.39 is 11.5 Å². The number of H-pyrrole nitrogens is 1. The number of imidazole rings is 1. The first-order valence-electron chi connectivity index (χ1n) is 4.95. The molecule has 0 aliphatic heterocycles. The molecule has 16 heavy (non-hydrogen) atoms. The van der Waals surface area contributed by atoms with Gasteiger partial charge in [-0.15, -0.1) is 0 Å². The summed E-state index contributed by atoms with van der Waals surface area (Å²) in [5, 5.41) is 9.07. The second kappa shape index (κ2) is 4.34. The molecular weight excluding hydrogens is 210 g/mol. The number of aliphatic carboxylic acids is 1. The van der Waals surface area contributed by atoms with Gasteiger partial charge in [0.1, 0.15) is 11.2 Å². The first-order chi connectivity index (χ1) is 7.41. The van der Waals surface area contributed by atoms with Gasteiger partial charge in [0.2, 0.25) is 0 Å².